The molecule has 4 heteroatoms. The molecule has 1 aromatic carbocycles. The first kappa shape index (κ1) is 13.9. The largest absolute Gasteiger partial charge is 0.481 e. The molecule has 1 N–H and O–H groups in total. The molecule has 4 nitrogen and oxygen atoms in total. The summed E-state index contributed by atoms with van der Waals surface area (Å²) < 4.78 is 5.52. The fourth-order valence-corrected chi connectivity index (χ4v) is 2.52. The van der Waals surface area contributed by atoms with Crippen molar-refractivity contribution in [1.29, 1.82) is 0 Å². The number of nitrogens with zero attached hydrogens (tertiary/aromatic N) is 1. The van der Waals surface area contributed by atoms with Crippen molar-refractivity contribution < 1.29 is 14.6 Å². The van der Waals surface area contributed by atoms with Crippen molar-refractivity contribution in [1.82, 2.24) is 0 Å². The highest BCUT2D eigenvalue weighted by molar-refractivity contribution is 5.67. The normalized spacial score (nSPS) is 19.7. The van der Waals surface area contributed by atoms with Crippen molar-refractivity contribution in [2.75, 3.05) is 24.6 Å². The standard InChI is InChI=1S/C15H21NO3/c1-11(2)13-5-3-4-6-14(13)16-7-8-19-12(10-16)9-15(17)18/h3-6,11-12H,7-10H2,1-2H3,(H,17,18). The summed E-state index contributed by atoms with van der Waals surface area (Å²) in [5.41, 5.74) is 2.51. The van der Waals surface area contributed by atoms with Crippen LogP contribution in [0, 0.1) is 0 Å². The van der Waals surface area contributed by atoms with Gasteiger partial charge in [0.15, 0.2) is 0 Å². The highest BCUT2D eigenvalue weighted by Crippen LogP contribution is 2.28. The van der Waals surface area contributed by atoms with Crippen LogP contribution in [-0.4, -0.2) is 36.9 Å². The Morgan fingerprint density at radius 3 is 2.89 bits per heavy atom. The van der Waals surface area contributed by atoms with Gasteiger partial charge in [-0.15, -0.1) is 0 Å². The molecule has 1 heterocycles. The lowest BCUT2D eigenvalue weighted by molar-refractivity contribution is -0.140. The maximum atomic E-state index is 10.8. The second kappa shape index (κ2) is 6.06. The van der Waals surface area contributed by atoms with Gasteiger partial charge in [0, 0.05) is 18.8 Å². The lowest BCUT2D eigenvalue weighted by atomic mass is 10.00. The summed E-state index contributed by atoms with van der Waals surface area (Å²) in [7, 11) is 0. The molecule has 1 aliphatic rings. The smallest absolute Gasteiger partial charge is 0.306 e. The van der Waals surface area contributed by atoms with Gasteiger partial charge in [-0.25, -0.2) is 0 Å². The summed E-state index contributed by atoms with van der Waals surface area (Å²) in [5, 5.41) is 8.87. The molecule has 0 spiro atoms. The predicted molar refractivity (Wildman–Crippen MR) is 74.7 cm³/mol. The van der Waals surface area contributed by atoms with Crippen LogP contribution in [0.25, 0.3) is 0 Å². The van der Waals surface area contributed by atoms with Gasteiger partial charge in [-0.3, -0.25) is 4.79 Å². The van der Waals surface area contributed by atoms with Gasteiger partial charge in [0.05, 0.1) is 19.1 Å². The van der Waals surface area contributed by atoms with Gasteiger partial charge in [0.25, 0.3) is 0 Å². The number of carbonyl (C=O) groups is 1. The molecule has 1 atom stereocenters. The van der Waals surface area contributed by atoms with Crippen LogP contribution in [0.2, 0.25) is 0 Å². The number of para-hydroxylation sites is 1. The molecule has 1 aliphatic heterocycles. The van der Waals surface area contributed by atoms with E-state index in [0.717, 1.165) is 6.54 Å². The van der Waals surface area contributed by atoms with Gasteiger partial charge in [-0.2, -0.15) is 0 Å². The molecule has 1 aromatic rings. The quantitative estimate of drug-likeness (QED) is 0.906. The van der Waals surface area contributed by atoms with Crippen molar-refractivity contribution in [3.8, 4) is 0 Å². The van der Waals surface area contributed by atoms with E-state index < -0.39 is 5.97 Å². The molecule has 0 radical (unpaired) electrons. The summed E-state index contributed by atoms with van der Waals surface area (Å²) in [4.78, 5) is 13.0. The van der Waals surface area contributed by atoms with E-state index in [-0.39, 0.29) is 12.5 Å². The molecular formula is C15H21NO3. The first-order chi connectivity index (χ1) is 9.08. The lowest BCUT2D eigenvalue weighted by Gasteiger charge is -2.35. The van der Waals surface area contributed by atoms with Crippen LogP contribution in [-0.2, 0) is 9.53 Å². The Bertz CT molecular complexity index is 445. The van der Waals surface area contributed by atoms with Crippen LogP contribution >= 0.6 is 0 Å². The number of ether oxygens (including phenoxy) is 1. The summed E-state index contributed by atoms with van der Waals surface area (Å²) in [6.45, 7) is 6.41. The third kappa shape index (κ3) is 3.47. The number of hydrogen-bond acceptors (Lipinski definition) is 3. The number of hydrogen-bond donors (Lipinski definition) is 1. The summed E-state index contributed by atoms with van der Waals surface area (Å²) in [6, 6.07) is 8.33. The van der Waals surface area contributed by atoms with E-state index in [1.807, 2.05) is 12.1 Å². The molecular weight excluding hydrogens is 242 g/mol. The number of aliphatic carboxylic acids is 1. The highest BCUT2D eigenvalue weighted by atomic mass is 16.5. The molecule has 1 saturated heterocycles. The monoisotopic (exact) mass is 263 g/mol. The van der Waals surface area contributed by atoms with Crippen molar-refractivity contribution in [3.05, 3.63) is 29.8 Å². The topological polar surface area (TPSA) is 49.8 Å². The fraction of sp³-hybridized carbons (Fsp3) is 0.533. The van der Waals surface area contributed by atoms with Gasteiger partial charge in [-0.05, 0) is 17.5 Å². The Morgan fingerprint density at radius 2 is 2.21 bits per heavy atom. The summed E-state index contributed by atoms with van der Waals surface area (Å²) in [5.74, 6) is -0.346. The lowest BCUT2D eigenvalue weighted by Crippen LogP contribution is -2.43. The van der Waals surface area contributed by atoms with E-state index in [1.54, 1.807) is 0 Å². The zero-order valence-corrected chi connectivity index (χ0v) is 11.5. The van der Waals surface area contributed by atoms with E-state index in [0.29, 0.717) is 19.1 Å². The van der Waals surface area contributed by atoms with Crippen LogP contribution < -0.4 is 4.90 Å². The Hall–Kier alpha value is -1.55. The molecule has 0 aromatic heterocycles. The van der Waals surface area contributed by atoms with Gasteiger partial charge in [-0.1, -0.05) is 32.0 Å². The minimum Gasteiger partial charge on any atom is -0.481 e. The number of morpholine rings is 1. The number of rotatable bonds is 4. The minimum atomic E-state index is -0.802. The third-order valence-corrected chi connectivity index (χ3v) is 3.44. The predicted octanol–water partition coefficient (Wildman–Crippen LogP) is 2.49. The zero-order valence-electron chi connectivity index (χ0n) is 11.5. The molecule has 19 heavy (non-hydrogen) atoms. The van der Waals surface area contributed by atoms with Gasteiger partial charge in [0.1, 0.15) is 0 Å². The molecule has 0 saturated carbocycles. The molecule has 1 fully saturated rings. The molecule has 2 rings (SSSR count). The number of anilines is 1. The molecule has 0 bridgehead atoms. The maximum Gasteiger partial charge on any atom is 0.306 e. The van der Waals surface area contributed by atoms with Crippen LogP contribution in [0.3, 0.4) is 0 Å². The first-order valence-electron chi connectivity index (χ1n) is 6.75. The summed E-state index contributed by atoms with van der Waals surface area (Å²) >= 11 is 0. The zero-order chi connectivity index (χ0) is 13.8. The van der Waals surface area contributed by atoms with Gasteiger partial charge < -0.3 is 14.7 Å². The SMILES string of the molecule is CC(C)c1ccccc1N1CCOC(CC(=O)O)C1. The molecule has 1 unspecified atom stereocenters. The minimum absolute atomic E-state index is 0.0698. The Morgan fingerprint density at radius 1 is 1.47 bits per heavy atom. The second-order valence-corrected chi connectivity index (χ2v) is 5.25. The average molecular weight is 263 g/mol. The number of benzene rings is 1. The van der Waals surface area contributed by atoms with E-state index in [9.17, 15) is 4.79 Å². The molecule has 0 aliphatic carbocycles. The van der Waals surface area contributed by atoms with Crippen molar-refractivity contribution >= 4 is 11.7 Å². The fourth-order valence-electron chi connectivity index (χ4n) is 2.52. The number of carboxylic acid groups (broad SMARTS) is 1. The molecule has 104 valence electrons. The van der Waals surface area contributed by atoms with Crippen LogP contribution in [0.15, 0.2) is 24.3 Å². The Labute approximate surface area is 114 Å². The van der Waals surface area contributed by atoms with Crippen molar-refractivity contribution in [2.45, 2.75) is 32.3 Å². The van der Waals surface area contributed by atoms with Gasteiger partial charge in [0.2, 0.25) is 0 Å². The Balaban J connectivity index is 2.15. The average Bonchev–Trinajstić information content (AvgIpc) is 2.38. The van der Waals surface area contributed by atoms with Crippen LogP contribution in [0.4, 0.5) is 5.69 Å². The van der Waals surface area contributed by atoms with Crippen LogP contribution in [0.1, 0.15) is 31.7 Å². The van der Waals surface area contributed by atoms with Crippen molar-refractivity contribution in [2.24, 2.45) is 0 Å². The number of carboxylic acids is 1. The van der Waals surface area contributed by atoms with E-state index in [2.05, 4.69) is 30.9 Å². The second-order valence-electron chi connectivity index (χ2n) is 5.25. The van der Waals surface area contributed by atoms with Gasteiger partial charge >= 0.3 is 5.97 Å². The van der Waals surface area contributed by atoms with E-state index in [4.69, 9.17) is 9.84 Å². The van der Waals surface area contributed by atoms with Crippen LogP contribution in [0.5, 0.6) is 0 Å². The Kier molecular flexibility index (Phi) is 4.43. The van der Waals surface area contributed by atoms with Crippen molar-refractivity contribution in [3.63, 3.8) is 0 Å². The first-order valence-corrected chi connectivity index (χ1v) is 6.75. The van der Waals surface area contributed by atoms with E-state index in [1.165, 1.54) is 11.3 Å². The highest BCUT2D eigenvalue weighted by Gasteiger charge is 2.24. The molecule has 0 amide bonds. The maximum absolute atomic E-state index is 10.8. The summed E-state index contributed by atoms with van der Waals surface area (Å²) in [6.07, 6.45) is -0.146. The third-order valence-electron chi connectivity index (χ3n) is 3.44. The van der Waals surface area contributed by atoms with E-state index >= 15 is 0 Å².